The number of carbonyl (C=O) groups is 3. The zero-order chi connectivity index (χ0) is 25.8. The van der Waals surface area contributed by atoms with E-state index in [2.05, 4.69) is 6.58 Å². The zero-order valence-electron chi connectivity index (χ0n) is 19.5. The molecule has 0 aliphatic heterocycles. The minimum Gasteiger partial charge on any atom is -0.488 e. The first-order chi connectivity index (χ1) is 16.7. The van der Waals surface area contributed by atoms with Crippen LogP contribution in [0.4, 0.5) is 0 Å². The number of halogens is 2. The Kier molecular flexibility index (Phi) is 11.8. The Hall–Kier alpha value is -2.83. The van der Waals surface area contributed by atoms with E-state index in [-0.39, 0.29) is 25.0 Å². The summed E-state index contributed by atoms with van der Waals surface area (Å²) in [4.78, 5) is 32.8. The number of hydrogen-bond acceptors (Lipinski definition) is 4. The van der Waals surface area contributed by atoms with Crippen molar-refractivity contribution >= 4 is 40.9 Å². The summed E-state index contributed by atoms with van der Waals surface area (Å²) in [6, 6.07) is 10.3. The summed E-state index contributed by atoms with van der Waals surface area (Å²) in [6.07, 6.45) is 7.54. The van der Waals surface area contributed by atoms with E-state index in [0.717, 1.165) is 18.4 Å². The Bertz CT molecular complexity index is 1040. The number of aliphatic carboxylic acids is 2. The second-order valence-corrected chi connectivity index (χ2v) is 9.14. The first-order valence-corrected chi connectivity index (χ1v) is 12.2. The molecule has 0 aromatic heterocycles. The fourth-order valence-corrected chi connectivity index (χ4v) is 4.50. The molecular formula is C27H30Cl2O6. The summed E-state index contributed by atoms with van der Waals surface area (Å²) in [5.74, 6) is -0.969. The van der Waals surface area contributed by atoms with Crippen molar-refractivity contribution in [1.82, 2.24) is 0 Å². The average Bonchev–Trinajstić information content (AvgIpc) is 2.82. The predicted octanol–water partition coefficient (Wildman–Crippen LogP) is 6.97. The van der Waals surface area contributed by atoms with Gasteiger partial charge in [-0.1, -0.05) is 73.3 Å². The molecule has 0 heterocycles. The maximum atomic E-state index is 11.9. The molecule has 0 atom stereocenters. The van der Waals surface area contributed by atoms with Crippen LogP contribution in [0.3, 0.4) is 0 Å². The van der Waals surface area contributed by atoms with Crippen LogP contribution in [0.2, 0.25) is 10.0 Å². The highest BCUT2D eigenvalue weighted by molar-refractivity contribution is 6.32. The summed E-state index contributed by atoms with van der Waals surface area (Å²) in [6.45, 7) is 3.89. The van der Waals surface area contributed by atoms with Gasteiger partial charge in [0, 0.05) is 17.0 Å². The number of carboxylic acid groups (broad SMARTS) is 2. The second kappa shape index (κ2) is 14.5. The summed E-state index contributed by atoms with van der Waals surface area (Å²) < 4.78 is 5.25. The van der Waals surface area contributed by atoms with Crippen LogP contribution in [0.15, 0.2) is 49.1 Å². The molecule has 2 aromatic rings. The number of ketones is 1. The fraction of sp³-hybridized carbons (Fsp3) is 0.370. The molecule has 0 radical (unpaired) electrons. The Morgan fingerprint density at radius 2 is 1.66 bits per heavy atom. The standard InChI is InChI=1S/C16H19ClO3.C11H11ClO3/c17-14-10-12(15(18)8-9-16(19)20)6-7-13(14)11-4-2-1-3-5-11;1-2-5-15-10-4-3-8(6-9(10)12)7-11(13)14/h6-7,10-11H,1-5,8-9H2,(H,19,20);2-4,6H,1,5,7H2,(H,13,14). The number of hydrogen-bond donors (Lipinski definition) is 2. The van der Waals surface area contributed by atoms with Crippen LogP contribution in [-0.4, -0.2) is 34.5 Å². The monoisotopic (exact) mass is 520 g/mol. The maximum absolute atomic E-state index is 11.9. The van der Waals surface area contributed by atoms with Gasteiger partial charge < -0.3 is 14.9 Å². The highest BCUT2D eigenvalue weighted by Crippen LogP contribution is 2.36. The molecule has 0 saturated heterocycles. The number of rotatable bonds is 10. The molecule has 1 aliphatic carbocycles. The highest BCUT2D eigenvalue weighted by Gasteiger charge is 2.19. The van der Waals surface area contributed by atoms with Gasteiger partial charge in [0.05, 0.1) is 17.9 Å². The zero-order valence-corrected chi connectivity index (χ0v) is 21.0. The molecule has 0 unspecified atom stereocenters. The van der Waals surface area contributed by atoms with E-state index in [1.807, 2.05) is 6.07 Å². The van der Waals surface area contributed by atoms with Gasteiger partial charge in [-0.3, -0.25) is 14.4 Å². The van der Waals surface area contributed by atoms with Crippen LogP contribution in [0, 0.1) is 0 Å². The van der Waals surface area contributed by atoms with Crippen molar-refractivity contribution in [3.63, 3.8) is 0 Å². The van der Waals surface area contributed by atoms with E-state index >= 15 is 0 Å². The maximum Gasteiger partial charge on any atom is 0.307 e. The molecule has 2 N–H and O–H groups in total. The lowest BCUT2D eigenvalue weighted by Gasteiger charge is -2.23. The quantitative estimate of drug-likeness (QED) is 0.259. The predicted molar refractivity (Wildman–Crippen MR) is 137 cm³/mol. The molecule has 3 rings (SSSR count). The largest absolute Gasteiger partial charge is 0.488 e. The van der Waals surface area contributed by atoms with E-state index in [1.54, 1.807) is 36.4 Å². The first-order valence-electron chi connectivity index (χ1n) is 11.5. The van der Waals surface area contributed by atoms with Gasteiger partial charge in [-0.15, -0.1) is 0 Å². The number of carboxylic acids is 2. The summed E-state index contributed by atoms with van der Waals surface area (Å²) in [5.41, 5.74) is 2.29. The normalized spacial score (nSPS) is 13.3. The van der Waals surface area contributed by atoms with Crippen LogP contribution >= 0.6 is 23.2 Å². The second-order valence-electron chi connectivity index (χ2n) is 8.32. The third-order valence-electron chi connectivity index (χ3n) is 5.64. The van der Waals surface area contributed by atoms with E-state index < -0.39 is 11.9 Å². The van der Waals surface area contributed by atoms with E-state index in [0.29, 0.717) is 39.4 Å². The summed E-state index contributed by atoms with van der Waals surface area (Å²) in [7, 11) is 0. The molecule has 0 bridgehead atoms. The van der Waals surface area contributed by atoms with Gasteiger partial charge in [-0.2, -0.15) is 0 Å². The molecular weight excluding hydrogens is 491 g/mol. The van der Waals surface area contributed by atoms with Crippen LogP contribution in [-0.2, 0) is 16.0 Å². The van der Waals surface area contributed by atoms with Gasteiger partial charge in [0.25, 0.3) is 0 Å². The number of ether oxygens (including phenoxy) is 1. The van der Waals surface area contributed by atoms with Crippen molar-refractivity contribution < 1.29 is 29.3 Å². The molecule has 35 heavy (non-hydrogen) atoms. The Morgan fingerprint density at radius 3 is 2.23 bits per heavy atom. The summed E-state index contributed by atoms with van der Waals surface area (Å²) >= 11 is 12.2. The van der Waals surface area contributed by atoms with Crippen LogP contribution in [0.25, 0.3) is 0 Å². The van der Waals surface area contributed by atoms with Crippen molar-refractivity contribution in [3.8, 4) is 5.75 Å². The number of Topliss-reactive ketones (excluding diaryl/α,β-unsaturated/α-hetero) is 1. The van der Waals surface area contributed by atoms with Gasteiger partial charge >= 0.3 is 11.9 Å². The third-order valence-corrected chi connectivity index (χ3v) is 6.26. The Labute approximate surface area is 215 Å². The molecule has 188 valence electrons. The van der Waals surface area contributed by atoms with Crippen molar-refractivity contribution in [2.45, 2.75) is 57.3 Å². The molecule has 6 nitrogen and oxygen atoms in total. The van der Waals surface area contributed by atoms with Gasteiger partial charge in [-0.05, 0) is 48.1 Å². The van der Waals surface area contributed by atoms with Gasteiger partial charge in [0.2, 0.25) is 0 Å². The lowest BCUT2D eigenvalue weighted by molar-refractivity contribution is -0.137. The van der Waals surface area contributed by atoms with Crippen LogP contribution in [0.5, 0.6) is 5.75 Å². The average molecular weight is 521 g/mol. The highest BCUT2D eigenvalue weighted by atomic mass is 35.5. The molecule has 0 spiro atoms. The van der Waals surface area contributed by atoms with Crippen molar-refractivity contribution in [2.75, 3.05) is 6.61 Å². The molecule has 1 aliphatic rings. The van der Waals surface area contributed by atoms with Crippen molar-refractivity contribution in [3.05, 3.63) is 75.8 Å². The SMILES string of the molecule is C=CCOc1ccc(CC(=O)O)cc1Cl.O=C(O)CCC(=O)c1ccc(C2CCCCC2)c(Cl)c1. The smallest absolute Gasteiger partial charge is 0.307 e. The fourth-order valence-electron chi connectivity index (χ4n) is 3.90. The summed E-state index contributed by atoms with van der Waals surface area (Å²) in [5, 5.41) is 18.2. The lowest BCUT2D eigenvalue weighted by Crippen LogP contribution is -2.07. The number of carbonyl (C=O) groups excluding carboxylic acids is 1. The molecule has 1 saturated carbocycles. The van der Waals surface area contributed by atoms with E-state index in [1.165, 1.54) is 19.3 Å². The van der Waals surface area contributed by atoms with Crippen molar-refractivity contribution in [2.24, 2.45) is 0 Å². The number of benzene rings is 2. The molecule has 8 heteroatoms. The topological polar surface area (TPSA) is 101 Å². The third kappa shape index (κ3) is 9.74. The van der Waals surface area contributed by atoms with Gasteiger partial charge in [-0.25, -0.2) is 0 Å². The molecule has 2 aromatic carbocycles. The van der Waals surface area contributed by atoms with Crippen LogP contribution in [0.1, 0.15) is 72.3 Å². The van der Waals surface area contributed by atoms with Gasteiger partial charge in [0.1, 0.15) is 12.4 Å². The van der Waals surface area contributed by atoms with Crippen LogP contribution < -0.4 is 4.74 Å². The van der Waals surface area contributed by atoms with Crippen molar-refractivity contribution in [1.29, 1.82) is 0 Å². The molecule has 0 amide bonds. The minimum absolute atomic E-state index is 0.0223. The van der Waals surface area contributed by atoms with Gasteiger partial charge in [0.15, 0.2) is 5.78 Å². The van der Waals surface area contributed by atoms with E-state index in [4.69, 9.17) is 38.2 Å². The van der Waals surface area contributed by atoms with E-state index in [9.17, 15) is 14.4 Å². The Morgan fingerprint density at radius 1 is 0.943 bits per heavy atom. The first kappa shape index (κ1) is 28.4. The minimum atomic E-state index is -0.955. The Balaban J connectivity index is 0.000000258. The lowest BCUT2D eigenvalue weighted by atomic mass is 9.83. The molecule has 1 fully saturated rings.